The summed E-state index contributed by atoms with van der Waals surface area (Å²) in [7, 11) is 0. The highest BCUT2D eigenvalue weighted by Gasteiger charge is 2.35. The molecule has 0 amide bonds. The minimum absolute atomic E-state index is 0.289. The van der Waals surface area contributed by atoms with Crippen molar-refractivity contribution in [3.8, 4) is 0 Å². The molecule has 120 valence electrons. The molecule has 0 heterocycles. The van der Waals surface area contributed by atoms with Crippen LogP contribution in [0.4, 0.5) is 0 Å². The van der Waals surface area contributed by atoms with Crippen LogP contribution >= 0.6 is 0 Å². The molecule has 1 N–H and O–H groups in total. The van der Waals surface area contributed by atoms with E-state index in [1.54, 1.807) is 0 Å². The van der Waals surface area contributed by atoms with Gasteiger partial charge >= 0.3 is 0 Å². The standard InChI is InChI=1S/C17H35NO2/c1-7-18-15-9-8-14(17(4,5)6)12-16(15)20-11-10-19-13(2)3/h13-16,18H,7-12H2,1-6H3. The van der Waals surface area contributed by atoms with Gasteiger partial charge in [-0.2, -0.15) is 0 Å². The van der Waals surface area contributed by atoms with E-state index < -0.39 is 0 Å². The van der Waals surface area contributed by atoms with Crippen molar-refractivity contribution in [2.24, 2.45) is 11.3 Å². The Morgan fingerprint density at radius 1 is 1.15 bits per heavy atom. The van der Waals surface area contributed by atoms with Crippen LogP contribution in [0.15, 0.2) is 0 Å². The van der Waals surface area contributed by atoms with Crippen LogP contribution in [-0.2, 0) is 9.47 Å². The third-order valence-electron chi connectivity index (χ3n) is 4.35. The van der Waals surface area contributed by atoms with E-state index in [-0.39, 0.29) is 6.10 Å². The van der Waals surface area contributed by atoms with E-state index >= 15 is 0 Å². The first-order chi connectivity index (χ1) is 9.34. The fraction of sp³-hybridized carbons (Fsp3) is 1.00. The molecule has 1 saturated carbocycles. The first kappa shape index (κ1) is 17.9. The molecular formula is C17H35NO2. The Balaban J connectivity index is 2.46. The molecule has 0 spiro atoms. The topological polar surface area (TPSA) is 30.5 Å². The molecule has 0 aromatic carbocycles. The number of nitrogens with one attached hydrogen (secondary N) is 1. The van der Waals surface area contributed by atoms with Crippen LogP contribution in [-0.4, -0.2) is 38.0 Å². The molecular weight excluding hydrogens is 250 g/mol. The second-order valence-electron chi connectivity index (χ2n) is 7.37. The van der Waals surface area contributed by atoms with Crippen molar-refractivity contribution in [2.75, 3.05) is 19.8 Å². The molecule has 0 aromatic rings. The minimum Gasteiger partial charge on any atom is -0.376 e. The van der Waals surface area contributed by atoms with E-state index in [1.165, 1.54) is 19.3 Å². The van der Waals surface area contributed by atoms with Gasteiger partial charge in [0.05, 0.1) is 25.4 Å². The third kappa shape index (κ3) is 6.11. The maximum absolute atomic E-state index is 6.14. The largest absolute Gasteiger partial charge is 0.376 e. The molecule has 3 nitrogen and oxygen atoms in total. The van der Waals surface area contributed by atoms with Gasteiger partial charge < -0.3 is 14.8 Å². The van der Waals surface area contributed by atoms with Crippen molar-refractivity contribution in [3.63, 3.8) is 0 Å². The van der Waals surface area contributed by atoms with Crippen LogP contribution < -0.4 is 5.32 Å². The molecule has 3 unspecified atom stereocenters. The lowest BCUT2D eigenvalue weighted by molar-refractivity contribution is -0.0554. The predicted molar refractivity (Wildman–Crippen MR) is 85.1 cm³/mol. The summed E-state index contributed by atoms with van der Waals surface area (Å²) < 4.78 is 11.7. The maximum atomic E-state index is 6.14. The Bertz CT molecular complexity index is 260. The smallest absolute Gasteiger partial charge is 0.0732 e. The molecule has 0 aliphatic heterocycles. The summed E-state index contributed by atoms with van der Waals surface area (Å²) >= 11 is 0. The second kappa shape index (κ2) is 8.35. The van der Waals surface area contributed by atoms with Gasteiger partial charge in [0.15, 0.2) is 0 Å². The van der Waals surface area contributed by atoms with Crippen molar-refractivity contribution in [1.29, 1.82) is 0 Å². The number of likely N-dealkylation sites (N-methyl/N-ethyl adjacent to an activating group) is 1. The van der Waals surface area contributed by atoms with Crippen LogP contribution in [0.25, 0.3) is 0 Å². The summed E-state index contributed by atoms with van der Waals surface area (Å²) in [4.78, 5) is 0. The Morgan fingerprint density at radius 3 is 2.40 bits per heavy atom. The summed E-state index contributed by atoms with van der Waals surface area (Å²) in [6, 6.07) is 0.512. The fourth-order valence-corrected chi connectivity index (χ4v) is 3.08. The Hall–Kier alpha value is -0.120. The van der Waals surface area contributed by atoms with Gasteiger partial charge in [-0.25, -0.2) is 0 Å². The van der Waals surface area contributed by atoms with Crippen molar-refractivity contribution in [1.82, 2.24) is 5.32 Å². The van der Waals surface area contributed by atoms with Crippen molar-refractivity contribution >= 4 is 0 Å². The molecule has 0 bridgehead atoms. The van der Waals surface area contributed by atoms with Crippen molar-refractivity contribution < 1.29 is 9.47 Å². The molecule has 1 aliphatic rings. The van der Waals surface area contributed by atoms with Gasteiger partial charge in [0.2, 0.25) is 0 Å². The van der Waals surface area contributed by atoms with E-state index in [0.29, 0.717) is 30.8 Å². The maximum Gasteiger partial charge on any atom is 0.0732 e. The lowest BCUT2D eigenvalue weighted by atomic mass is 9.70. The molecule has 0 radical (unpaired) electrons. The van der Waals surface area contributed by atoms with Crippen LogP contribution in [0.1, 0.15) is 60.8 Å². The first-order valence-electron chi connectivity index (χ1n) is 8.31. The van der Waals surface area contributed by atoms with Crippen LogP contribution in [0.5, 0.6) is 0 Å². The molecule has 1 rings (SSSR count). The van der Waals surface area contributed by atoms with E-state index in [1.807, 2.05) is 0 Å². The summed E-state index contributed by atoms with van der Waals surface area (Å²) in [6.45, 7) is 15.8. The summed E-state index contributed by atoms with van der Waals surface area (Å²) in [6.07, 6.45) is 4.33. The van der Waals surface area contributed by atoms with Gasteiger partial charge in [0.25, 0.3) is 0 Å². The normalized spacial score (nSPS) is 28.1. The predicted octanol–water partition coefficient (Wildman–Crippen LogP) is 3.62. The molecule has 0 saturated heterocycles. The highest BCUT2D eigenvalue weighted by Crippen LogP contribution is 2.38. The van der Waals surface area contributed by atoms with E-state index in [4.69, 9.17) is 9.47 Å². The lowest BCUT2D eigenvalue weighted by Gasteiger charge is -2.42. The zero-order valence-electron chi connectivity index (χ0n) is 14.4. The summed E-state index contributed by atoms with van der Waals surface area (Å²) in [5.41, 5.74) is 0.382. The zero-order chi connectivity index (χ0) is 15.2. The first-order valence-corrected chi connectivity index (χ1v) is 8.31. The number of hydrogen-bond donors (Lipinski definition) is 1. The van der Waals surface area contributed by atoms with Crippen molar-refractivity contribution in [2.45, 2.75) is 79.1 Å². The van der Waals surface area contributed by atoms with Gasteiger partial charge in [0.1, 0.15) is 0 Å². The summed E-state index contributed by atoms with van der Waals surface area (Å²) in [5, 5.41) is 3.59. The monoisotopic (exact) mass is 285 g/mol. The second-order valence-corrected chi connectivity index (χ2v) is 7.37. The molecule has 1 aliphatic carbocycles. The lowest BCUT2D eigenvalue weighted by Crippen LogP contribution is -2.47. The number of ether oxygens (including phenoxy) is 2. The summed E-state index contributed by atoms with van der Waals surface area (Å²) in [5.74, 6) is 0.758. The zero-order valence-corrected chi connectivity index (χ0v) is 14.4. The minimum atomic E-state index is 0.289. The average Bonchev–Trinajstić information content (AvgIpc) is 2.35. The quantitative estimate of drug-likeness (QED) is 0.725. The van der Waals surface area contributed by atoms with Gasteiger partial charge in [-0.1, -0.05) is 27.7 Å². The highest BCUT2D eigenvalue weighted by molar-refractivity contribution is 4.89. The van der Waals surface area contributed by atoms with Gasteiger partial charge in [-0.15, -0.1) is 0 Å². The molecule has 1 fully saturated rings. The van der Waals surface area contributed by atoms with Gasteiger partial charge in [0, 0.05) is 6.04 Å². The Labute approximate surface area is 125 Å². The Morgan fingerprint density at radius 2 is 1.85 bits per heavy atom. The van der Waals surface area contributed by atoms with Gasteiger partial charge in [-0.05, 0) is 51.0 Å². The third-order valence-corrected chi connectivity index (χ3v) is 4.35. The van der Waals surface area contributed by atoms with E-state index in [9.17, 15) is 0 Å². The van der Waals surface area contributed by atoms with Crippen LogP contribution in [0.3, 0.4) is 0 Å². The van der Waals surface area contributed by atoms with Crippen LogP contribution in [0, 0.1) is 11.3 Å². The van der Waals surface area contributed by atoms with Crippen molar-refractivity contribution in [3.05, 3.63) is 0 Å². The fourth-order valence-electron chi connectivity index (χ4n) is 3.08. The van der Waals surface area contributed by atoms with E-state index in [2.05, 4.69) is 46.9 Å². The molecule has 20 heavy (non-hydrogen) atoms. The average molecular weight is 285 g/mol. The van der Waals surface area contributed by atoms with Crippen LogP contribution in [0.2, 0.25) is 0 Å². The SMILES string of the molecule is CCNC1CCC(C(C)(C)C)CC1OCCOC(C)C. The van der Waals surface area contributed by atoms with E-state index in [0.717, 1.165) is 12.5 Å². The molecule has 3 heteroatoms. The molecule has 0 aromatic heterocycles. The highest BCUT2D eigenvalue weighted by atomic mass is 16.5. The molecule has 3 atom stereocenters. The van der Waals surface area contributed by atoms with Gasteiger partial charge in [-0.3, -0.25) is 0 Å². The Kier molecular flexibility index (Phi) is 7.49. The number of rotatable bonds is 7. The number of hydrogen-bond acceptors (Lipinski definition) is 3.